The van der Waals surface area contributed by atoms with Gasteiger partial charge in [-0.25, -0.2) is 0 Å². The Kier molecular flexibility index (Phi) is 1.52. The summed E-state index contributed by atoms with van der Waals surface area (Å²) in [6.07, 6.45) is 4.03. The molecule has 2 bridgehead atoms. The number of fused-ring (bicyclic) bond motifs is 3. The van der Waals surface area contributed by atoms with Crippen LogP contribution >= 0.6 is 0 Å². The minimum absolute atomic E-state index is 0.470. The minimum Gasteiger partial charge on any atom is -0.304 e. The Morgan fingerprint density at radius 3 is 2.60 bits per heavy atom. The fourth-order valence-corrected chi connectivity index (χ4v) is 2.54. The van der Waals surface area contributed by atoms with Crippen molar-refractivity contribution in [1.29, 1.82) is 0 Å². The normalized spacial score (nSPS) is 47.9. The van der Waals surface area contributed by atoms with Gasteiger partial charge in [0.1, 0.15) is 0 Å². The van der Waals surface area contributed by atoms with E-state index in [9.17, 15) is 0 Å². The smallest absolute Gasteiger partial charge is 0.0720 e. The molecule has 3 atom stereocenters. The zero-order valence-electron chi connectivity index (χ0n) is 6.59. The van der Waals surface area contributed by atoms with E-state index in [1.807, 2.05) is 0 Å². The Bertz CT molecular complexity index is 125. The molecule has 3 fully saturated rings. The molecule has 2 heteroatoms. The highest BCUT2D eigenvalue weighted by atomic mass is 15.1. The fraction of sp³-hybridized carbons (Fsp3) is 1.00. The van der Waals surface area contributed by atoms with Crippen molar-refractivity contribution in [2.75, 3.05) is 13.6 Å². The second-order valence-electron chi connectivity index (χ2n) is 3.85. The summed E-state index contributed by atoms with van der Waals surface area (Å²) < 4.78 is 0. The van der Waals surface area contributed by atoms with Gasteiger partial charge in [-0.05, 0) is 25.8 Å². The maximum absolute atomic E-state index is 5.97. The molecule has 0 amide bonds. The molecule has 3 rings (SSSR count). The molecule has 0 aromatic rings. The first kappa shape index (κ1) is 6.72. The topological polar surface area (TPSA) is 3.24 Å². The molecule has 2 heterocycles. The van der Waals surface area contributed by atoms with E-state index in [0.29, 0.717) is 11.9 Å². The zero-order chi connectivity index (χ0) is 7.14. The van der Waals surface area contributed by atoms with Crippen LogP contribution in [0, 0.1) is 5.92 Å². The molecule has 1 saturated carbocycles. The zero-order valence-corrected chi connectivity index (χ0v) is 6.59. The number of nitrogens with zero attached hydrogens (tertiary/aromatic N) is 1. The van der Waals surface area contributed by atoms with Gasteiger partial charge in [0.15, 0.2) is 0 Å². The summed E-state index contributed by atoms with van der Waals surface area (Å²) in [5.41, 5.74) is 0. The minimum atomic E-state index is 0.470. The Balaban J connectivity index is 2.11. The summed E-state index contributed by atoms with van der Waals surface area (Å²) in [7, 11) is 8.17. The second-order valence-corrected chi connectivity index (χ2v) is 3.85. The van der Waals surface area contributed by atoms with Gasteiger partial charge in [0.2, 0.25) is 0 Å². The largest absolute Gasteiger partial charge is 0.304 e. The van der Waals surface area contributed by atoms with Crippen LogP contribution in [0.2, 0.25) is 5.82 Å². The van der Waals surface area contributed by atoms with E-state index in [0.717, 1.165) is 5.92 Å². The lowest BCUT2D eigenvalue weighted by Crippen LogP contribution is -2.48. The highest BCUT2D eigenvalue weighted by molar-refractivity contribution is 6.12. The van der Waals surface area contributed by atoms with E-state index in [1.54, 1.807) is 0 Å². The standard InChI is InChI=1S/C8H14BN/c1-10-5-6-2-3-8(10)7(9)4-6/h6-8H,2-5H2,1H3. The number of hydrogen-bond donors (Lipinski definition) is 0. The maximum Gasteiger partial charge on any atom is 0.0720 e. The van der Waals surface area contributed by atoms with E-state index in [2.05, 4.69) is 11.9 Å². The molecule has 54 valence electrons. The van der Waals surface area contributed by atoms with E-state index in [1.165, 1.54) is 25.8 Å². The monoisotopic (exact) mass is 135 g/mol. The Hall–Kier alpha value is 0.0249. The molecule has 0 aromatic carbocycles. The van der Waals surface area contributed by atoms with Crippen molar-refractivity contribution in [1.82, 2.24) is 4.90 Å². The van der Waals surface area contributed by atoms with Gasteiger partial charge in [-0.2, -0.15) is 0 Å². The van der Waals surface area contributed by atoms with Crippen molar-refractivity contribution in [2.45, 2.75) is 31.1 Å². The van der Waals surface area contributed by atoms with Crippen molar-refractivity contribution < 1.29 is 0 Å². The third-order valence-corrected chi connectivity index (χ3v) is 3.08. The molecule has 3 aliphatic rings. The van der Waals surface area contributed by atoms with Crippen LogP contribution in [0.25, 0.3) is 0 Å². The van der Waals surface area contributed by atoms with Crippen molar-refractivity contribution in [3.05, 3.63) is 0 Å². The first-order chi connectivity index (χ1) is 4.77. The van der Waals surface area contributed by atoms with Crippen LogP contribution < -0.4 is 0 Å². The average Bonchev–Trinajstić information content (AvgIpc) is 1.86. The van der Waals surface area contributed by atoms with E-state index >= 15 is 0 Å². The first-order valence-electron chi connectivity index (χ1n) is 4.23. The van der Waals surface area contributed by atoms with E-state index in [4.69, 9.17) is 7.85 Å². The maximum atomic E-state index is 5.97. The highest BCUT2D eigenvalue weighted by Gasteiger charge is 2.35. The van der Waals surface area contributed by atoms with Crippen molar-refractivity contribution in [2.24, 2.45) is 5.92 Å². The molecule has 2 radical (unpaired) electrons. The van der Waals surface area contributed by atoms with E-state index < -0.39 is 0 Å². The van der Waals surface area contributed by atoms with Gasteiger partial charge in [-0.3, -0.25) is 0 Å². The molecule has 0 N–H and O–H groups in total. The molecule has 0 aromatic heterocycles. The quantitative estimate of drug-likeness (QED) is 0.449. The highest BCUT2D eigenvalue weighted by Crippen LogP contribution is 2.39. The van der Waals surface area contributed by atoms with Crippen LogP contribution in [0.5, 0.6) is 0 Å². The summed E-state index contributed by atoms with van der Waals surface area (Å²) in [6, 6.07) is 0.699. The van der Waals surface area contributed by atoms with Crippen molar-refractivity contribution >= 4 is 7.85 Å². The Labute approximate surface area is 64.2 Å². The molecule has 10 heavy (non-hydrogen) atoms. The van der Waals surface area contributed by atoms with Gasteiger partial charge >= 0.3 is 0 Å². The lowest BCUT2D eigenvalue weighted by Gasteiger charge is -2.47. The number of hydrogen-bond acceptors (Lipinski definition) is 1. The van der Waals surface area contributed by atoms with Crippen LogP contribution in [0.3, 0.4) is 0 Å². The Morgan fingerprint density at radius 2 is 2.20 bits per heavy atom. The van der Waals surface area contributed by atoms with Crippen LogP contribution in [0.4, 0.5) is 0 Å². The van der Waals surface area contributed by atoms with E-state index in [-0.39, 0.29) is 0 Å². The first-order valence-corrected chi connectivity index (χ1v) is 4.23. The van der Waals surface area contributed by atoms with Gasteiger partial charge in [0.25, 0.3) is 0 Å². The summed E-state index contributed by atoms with van der Waals surface area (Å²) in [4.78, 5) is 2.43. The molecule has 2 aliphatic heterocycles. The third kappa shape index (κ3) is 0.896. The summed E-state index contributed by atoms with van der Waals surface area (Å²) in [5, 5.41) is 0. The van der Waals surface area contributed by atoms with Crippen molar-refractivity contribution in [3.8, 4) is 0 Å². The Morgan fingerprint density at radius 1 is 1.40 bits per heavy atom. The predicted octanol–water partition coefficient (Wildman–Crippen LogP) is 1.06. The lowest BCUT2D eigenvalue weighted by atomic mass is 9.64. The molecule has 1 aliphatic carbocycles. The van der Waals surface area contributed by atoms with Gasteiger partial charge in [0.05, 0.1) is 7.85 Å². The lowest BCUT2D eigenvalue weighted by molar-refractivity contribution is 0.0738. The SMILES string of the molecule is [B]C1CC2CCC1N(C)C2. The third-order valence-electron chi connectivity index (χ3n) is 3.08. The van der Waals surface area contributed by atoms with Crippen LogP contribution in [-0.2, 0) is 0 Å². The predicted molar refractivity (Wildman–Crippen MR) is 43.3 cm³/mol. The number of piperidine rings is 2. The fourth-order valence-electron chi connectivity index (χ4n) is 2.54. The van der Waals surface area contributed by atoms with Gasteiger partial charge in [0, 0.05) is 12.6 Å². The summed E-state index contributed by atoms with van der Waals surface area (Å²) in [6.45, 7) is 1.29. The molecule has 1 nitrogen and oxygen atoms in total. The summed E-state index contributed by atoms with van der Waals surface area (Å²) in [5.74, 6) is 1.38. The van der Waals surface area contributed by atoms with Gasteiger partial charge < -0.3 is 4.90 Å². The van der Waals surface area contributed by atoms with Gasteiger partial charge in [-0.1, -0.05) is 12.2 Å². The molecular formula is C8H14BN. The second kappa shape index (κ2) is 2.26. The molecule has 0 spiro atoms. The number of rotatable bonds is 0. The average molecular weight is 135 g/mol. The summed E-state index contributed by atoms with van der Waals surface area (Å²) >= 11 is 0. The van der Waals surface area contributed by atoms with Gasteiger partial charge in [-0.15, -0.1) is 0 Å². The van der Waals surface area contributed by atoms with Crippen LogP contribution in [0.1, 0.15) is 19.3 Å². The van der Waals surface area contributed by atoms with Crippen molar-refractivity contribution in [3.63, 3.8) is 0 Å². The molecule has 3 unspecified atom stereocenters. The molecular weight excluding hydrogens is 121 g/mol. The van der Waals surface area contributed by atoms with Crippen LogP contribution in [0.15, 0.2) is 0 Å². The molecule has 2 saturated heterocycles. The van der Waals surface area contributed by atoms with Crippen LogP contribution in [-0.4, -0.2) is 32.4 Å².